The number of ether oxygens (including phenoxy) is 2. The molecule has 5 nitrogen and oxygen atoms in total. The molecule has 6 heteroatoms. The second-order valence-electron chi connectivity index (χ2n) is 3.85. The molecule has 0 radical (unpaired) electrons. The third-order valence-electron chi connectivity index (χ3n) is 1.99. The van der Waals surface area contributed by atoms with Crippen LogP contribution in [-0.4, -0.2) is 37.6 Å². The van der Waals surface area contributed by atoms with Gasteiger partial charge in [-0.1, -0.05) is 13.8 Å². The number of halogens is 1. The summed E-state index contributed by atoms with van der Waals surface area (Å²) in [6, 6.07) is 0. The third kappa shape index (κ3) is 10.4. The van der Waals surface area contributed by atoms with E-state index >= 15 is 0 Å². The van der Waals surface area contributed by atoms with Crippen LogP contribution in [0.4, 0.5) is 0 Å². The first-order valence-electron chi connectivity index (χ1n) is 6.46. The zero-order valence-corrected chi connectivity index (χ0v) is 12.3. The van der Waals surface area contributed by atoms with Gasteiger partial charge in [-0.25, -0.2) is 4.79 Å². The van der Waals surface area contributed by atoms with Gasteiger partial charge in [0.25, 0.3) is 0 Å². The molecule has 0 aromatic rings. The van der Waals surface area contributed by atoms with E-state index in [1.54, 1.807) is 0 Å². The van der Waals surface area contributed by atoms with E-state index in [4.69, 9.17) is 21.1 Å². The third-order valence-corrected chi connectivity index (χ3v) is 2.18. The lowest BCUT2D eigenvalue weighted by molar-refractivity contribution is -0.142. The molecule has 0 aliphatic heterocycles. The molecule has 0 fully saturated rings. The summed E-state index contributed by atoms with van der Waals surface area (Å²) < 4.78 is 9.88. The number of carbonyl (C=O) groups excluding carboxylic acids is 2. The number of rotatable bonds is 10. The molecule has 1 N–H and O–H groups in total. The van der Waals surface area contributed by atoms with Crippen LogP contribution < -0.4 is 5.32 Å². The number of hydrogen-bond acceptors (Lipinski definition) is 5. The van der Waals surface area contributed by atoms with Crippen molar-refractivity contribution in [3.05, 3.63) is 11.8 Å². The fourth-order valence-electron chi connectivity index (χ4n) is 1.18. The highest BCUT2D eigenvalue weighted by Crippen LogP contribution is 2.01. The Morgan fingerprint density at radius 2 is 1.79 bits per heavy atom. The van der Waals surface area contributed by atoms with Gasteiger partial charge in [-0.05, 0) is 12.8 Å². The Balaban J connectivity index is 4.38. The van der Waals surface area contributed by atoms with Crippen molar-refractivity contribution in [2.75, 3.05) is 25.6 Å². The summed E-state index contributed by atoms with van der Waals surface area (Å²) >= 11 is 5.56. The Morgan fingerprint density at radius 1 is 1.16 bits per heavy atom. The van der Waals surface area contributed by atoms with Crippen LogP contribution in [0.1, 0.15) is 33.1 Å². The van der Waals surface area contributed by atoms with Crippen molar-refractivity contribution in [3.8, 4) is 0 Å². The predicted molar refractivity (Wildman–Crippen MR) is 73.9 cm³/mol. The van der Waals surface area contributed by atoms with E-state index in [2.05, 4.69) is 5.32 Å². The molecular formula is C13H22ClNO4. The summed E-state index contributed by atoms with van der Waals surface area (Å²) in [5, 5.41) is 2.91. The molecule has 19 heavy (non-hydrogen) atoms. The maximum atomic E-state index is 11.5. The Labute approximate surface area is 119 Å². The Kier molecular flexibility index (Phi) is 11.1. The highest BCUT2D eigenvalue weighted by Gasteiger charge is 2.09. The van der Waals surface area contributed by atoms with Gasteiger partial charge in [0, 0.05) is 24.2 Å². The summed E-state index contributed by atoms with van der Waals surface area (Å²) in [5.41, 5.74) is 0.461. The van der Waals surface area contributed by atoms with Gasteiger partial charge in [0.1, 0.15) is 0 Å². The van der Waals surface area contributed by atoms with E-state index in [0.29, 0.717) is 31.3 Å². The molecule has 0 saturated heterocycles. The number of alkyl halides is 1. The van der Waals surface area contributed by atoms with Gasteiger partial charge in [-0.2, -0.15) is 0 Å². The van der Waals surface area contributed by atoms with Gasteiger partial charge in [-0.3, -0.25) is 4.79 Å². The van der Waals surface area contributed by atoms with Crippen LogP contribution in [0.3, 0.4) is 0 Å². The second-order valence-corrected chi connectivity index (χ2v) is 4.23. The van der Waals surface area contributed by atoms with Crippen molar-refractivity contribution in [2.45, 2.75) is 33.1 Å². The zero-order chi connectivity index (χ0) is 14.5. The molecule has 0 atom stereocenters. The minimum atomic E-state index is -0.470. The van der Waals surface area contributed by atoms with Crippen LogP contribution in [0.15, 0.2) is 11.8 Å². The average molecular weight is 292 g/mol. The number of esters is 2. The smallest absolute Gasteiger partial charge is 0.332 e. The van der Waals surface area contributed by atoms with Gasteiger partial charge < -0.3 is 14.8 Å². The number of carbonyl (C=O) groups is 2. The van der Waals surface area contributed by atoms with E-state index in [-0.39, 0.29) is 12.4 Å². The standard InChI is InChI=1S/C13H22ClNO4/c1-3-7-18-12(16)9-11(15-6-5-14)10-13(17)19-8-4-2/h9,15H,3-8,10H2,1-2H3. The predicted octanol–water partition coefficient (Wildman–Crippen LogP) is 2.00. The molecule has 0 bridgehead atoms. The quantitative estimate of drug-likeness (QED) is 0.379. The second kappa shape index (κ2) is 11.8. The Hall–Kier alpha value is -1.23. The molecule has 0 rings (SSSR count). The monoisotopic (exact) mass is 291 g/mol. The highest BCUT2D eigenvalue weighted by molar-refractivity contribution is 6.18. The maximum absolute atomic E-state index is 11.5. The van der Waals surface area contributed by atoms with Crippen LogP contribution in [0.25, 0.3) is 0 Å². The molecule has 0 unspecified atom stereocenters. The van der Waals surface area contributed by atoms with E-state index in [1.807, 2.05) is 13.8 Å². The van der Waals surface area contributed by atoms with Gasteiger partial charge >= 0.3 is 11.9 Å². The van der Waals surface area contributed by atoms with Crippen molar-refractivity contribution >= 4 is 23.5 Å². The van der Waals surface area contributed by atoms with Crippen LogP contribution in [0, 0.1) is 0 Å². The minimum Gasteiger partial charge on any atom is -0.465 e. The number of nitrogens with one attached hydrogen (secondary N) is 1. The molecule has 0 spiro atoms. The summed E-state index contributed by atoms with van der Waals surface area (Å²) in [5.74, 6) is -0.466. The van der Waals surface area contributed by atoms with Crippen LogP contribution in [0.2, 0.25) is 0 Å². The van der Waals surface area contributed by atoms with Gasteiger partial charge in [0.15, 0.2) is 0 Å². The summed E-state index contributed by atoms with van der Waals surface area (Å²) in [4.78, 5) is 22.9. The molecule has 0 heterocycles. The SMILES string of the molecule is CCCOC(=O)C=C(CC(=O)OCCC)NCCCl. The van der Waals surface area contributed by atoms with Crippen molar-refractivity contribution in [2.24, 2.45) is 0 Å². The van der Waals surface area contributed by atoms with Crippen LogP contribution in [0.5, 0.6) is 0 Å². The zero-order valence-electron chi connectivity index (χ0n) is 11.5. The minimum absolute atomic E-state index is 0.0120. The summed E-state index contributed by atoms with van der Waals surface area (Å²) in [6.07, 6.45) is 2.80. The van der Waals surface area contributed by atoms with E-state index in [0.717, 1.165) is 12.8 Å². The molecule has 0 aliphatic rings. The van der Waals surface area contributed by atoms with Gasteiger partial charge in [-0.15, -0.1) is 11.6 Å². The van der Waals surface area contributed by atoms with Crippen molar-refractivity contribution in [1.82, 2.24) is 5.32 Å². The first-order chi connectivity index (χ1) is 9.13. The number of hydrogen-bond donors (Lipinski definition) is 1. The molecule has 0 aromatic heterocycles. The molecule has 0 aromatic carbocycles. The van der Waals surface area contributed by atoms with Crippen molar-refractivity contribution in [3.63, 3.8) is 0 Å². The van der Waals surface area contributed by atoms with Crippen LogP contribution in [-0.2, 0) is 19.1 Å². The molecule has 0 saturated carbocycles. The fraction of sp³-hybridized carbons (Fsp3) is 0.692. The van der Waals surface area contributed by atoms with Crippen molar-refractivity contribution < 1.29 is 19.1 Å². The summed E-state index contributed by atoms with van der Waals surface area (Å²) in [7, 11) is 0. The maximum Gasteiger partial charge on any atom is 0.332 e. The summed E-state index contributed by atoms with van der Waals surface area (Å²) in [6.45, 7) is 5.03. The van der Waals surface area contributed by atoms with E-state index < -0.39 is 5.97 Å². The molecular weight excluding hydrogens is 270 g/mol. The van der Waals surface area contributed by atoms with Crippen LogP contribution >= 0.6 is 11.6 Å². The largest absolute Gasteiger partial charge is 0.465 e. The normalized spacial score (nSPS) is 11.0. The molecule has 0 amide bonds. The Bertz CT molecular complexity index is 305. The van der Waals surface area contributed by atoms with E-state index in [1.165, 1.54) is 6.08 Å². The average Bonchev–Trinajstić information content (AvgIpc) is 2.40. The lowest BCUT2D eigenvalue weighted by Crippen LogP contribution is -2.21. The lowest BCUT2D eigenvalue weighted by Gasteiger charge is -2.09. The highest BCUT2D eigenvalue weighted by atomic mass is 35.5. The molecule has 0 aliphatic carbocycles. The fourth-order valence-corrected chi connectivity index (χ4v) is 1.28. The Morgan fingerprint density at radius 3 is 2.37 bits per heavy atom. The van der Waals surface area contributed by atoms with E-state index in [9.17, 15) is 9.59 Å². The molecule has 110 valence electrons. The first kappa shape index (κ1) is 17.8. The van der Waals surface area contributed by atoms with Gasteiger partial charge in [0.2, 0.25) is 0 Å². The van der Waals surface area contributed by atoms with Gasteiger partial charge in [0.05, 0.1) is 19.6 Å². The lowest BCUT2D eigenvalue weighted by atomic mass is 10.3. The first-order valence-corrected chi connectivity index (χ1v) is 7.00. The topological polar surface area (TPSA) is 64.6 Å². The van der Waals surface area contributed by atoms with Crippen molar-refractivity contribution in [1.29, 1.82) is 0 Å².